The van der Waals surface area contributed by atoms with Crippen molar-refractivity contribution in [1.29, 1.82) is 0 Å². The van der Waals surface area contributed by atoms with Gasteiger partial charge in [0.05, 0.1) is 7.11 Å². The van der Waals surface area contributed by atoms with Crippen LogP contribution in [0.5, 0.6) is 5.88 Å². The molecule has 0 radical (unpaired) electrons. The monoisotopic (exact) mass is 221 g/mol. The summed E-state index contributed by atoms with van der Waals surface area (Å²) in [7, 11) is 1.29. The minimum atomic E-state index is -4.42. The molecule has 5 heteroatoms. The standard InChI is InChI=1S/C8H8F3NO.C2H6/c1-5-3-4-6(8(9,10)11)12-7(5)13-2;1-2/h3-4H,1-2H3;1-2H3. The highest BCUT2D eigenvalue weighted by atomic mass is 19.4. The van der Waals surface area contributed by atoms with Crippen molar-refractivity contribution in [2.45, 2.75) is 26.9 Å². The largest absolute Gasteiger partial charge is 0.481 e. The smallest absolute Gasteiger partial charge is 0.433 e. The van der Waals surface area contributed by atoms with Gasteiger partial charge in [-0.3, -0.25) is 0 Å². The van der Waals surface area contributed by atoms with E-state index in [1.807, 2.05) is 13.8 Å². The summed E-state index contributed by atoms with van der Waals surface area (Å²) in [6.07, 6.45) is -4.42. The Hall–Kier alpha value is -1.26. The average molecular weight is 221 g/mol. The molecule has 0 saturated heterocycles. The van der Waals surface area contributed by atoms with Crippen LogP contribution in [0.3, 0.4) is 0 Å². The molecule has 15 heavy (non-hydrogen) atoms. The molecule has 1 rings (SSSR count). The van der Waals surface area contributed by atoms with Crippen LogP contribution in [0.25, 0.3) is 0 Å². The molecule has 0 saturated carbocycles. The Morgan fingerprint density at radius 1 is 1.20 bits per heavy atom. The Balaban J connectivity index is 0.000000921. The van der Waals surface area contributed by atoms with Crippen molar-refractivity contribution < 1.29 is 17.9 Å². The van der Waals surface area contributed by atoms with Crippen molar-refractivity contribution in [2.75, 3.05) is 7.11 Å². The number of rotatable bonds is 1. The van der Waals surface area contributed by atoms with Gasteiger partial charge >= 0.3 is 6.18 Å². The van der Waals surface area contributed by atoms with E-state index in [0.29, 0.717) is 5.56 Å². The maximum absolute atomic E-state index is 12.1. The SMILES string of the molecule is CC.COc1nc(C(F)(F)F)ccc1C. The van der Waals surface area contributed by atoms with Crippen molar-refractivity contribution in [1.82, 2.24) is 4.98 Å². The summed E-state index contributed by atoms with van der Waals surface area (Å²) < 4.78 is 41.0. The van der Waals surface area contributed by atoms with Gasteiger partial charge in [0, 0.05) is 5.56 Å². The number of alkyl halides is 3. The molecule has 0 amide bonds. The Kier molecular flexibility index (Phi) is 5.11. The highest BCUT2D eigenvalue weighted by Crippen LogP contribution is 2.29. The fourth-order valence-electron chi connectivity index (χ4n) is 0.875. The van der Waals surface area contributed by atoms with Crippen LogP contribution >= 0.6 is 0 Å². The highest BCUT2D eigenvalue weighted by molar-refractivity contribution is 5.27. The number of aryl methyl sites for hydroxylation is 1. The van der Waals surface area contributed by atoms with E-state index in [-0.39, 0.29) is 5.88 Å². The lowest BCUT2D eigenvalue weighted by molar-refractivity contribution is -0.141. The second-order valence-corrected chi connectivity index (χ2v) is 2.52. The van der Waals surface area contributed by atoms with Gasteiger partial charge in [-0.15, -0.1) is 0 Å². The van der Waals surface area contributed by atoms with Crippen LogP contribution in [-0.2, 0) is 6.18 Å². The number of nitrogens with zero attached hydrogens (tertiary/aromatic N) is 1. The first-order chi connectivity index (χ1) is 6.95. The summed E-state index contributed by atoms with van der Waals surface area (Å²) in [5.74, 6) is 0.00910. The second-order valence-electron chi connectivity index (χ2n) is 2.52. The third kappa shape index (κ3) is 3.77. The number of aromatic nitrogens is 1. The molecule has 2 nitrogen and oxygen atoms in total. The van der Waals surface area contributed by atoms with E-state index in [9.17, 15) is 13.2 Å². The van der Waals surface area contributed by atoms with E-state index in [1.165, 1.54) is 13.2 Å². The maximum atomic E-state index is 12.1. The highest BCUT2D eigenvalue weighted by Gasteiger charge is 2.32. The minimum absolute atomic E-state index is 0.00910. The summed E-state index contributed by atoms with van der Waals surface area (Å²) in [4.78, 5) is 3.31. The molecule has 0 unspecified atom stereocenters. The molecule has 0 atom stereocenters. The summed E-state index contributed by atoms with van der Waals surface area (Å²) in [6.45, 7) is 5.63. The first-order valence-electron chi connectivity index (χ1n) is 4.54. The summed E-state index contributed by atoms with van der Waals surface area (Å²) in [5.41, 5.74) is -0.356. The van der Waals surface area contributed by atoms with Gasteiger partial charge in [-0.1, -0.05) is 19.9 Å². The van der Waals surface area contributed by atoms with E-state index in [2.05, 4.69) is 9.72 Å². The zero-order valence-corrected chi connectivity index (χ0v) is 9.14. The summed E-state index contributed by atoms with van der Waals surface area (Å²) in [6, 6.07) is 2.26. The van der Waals surface area contributed by atoms with Crippen LogP contribution in [0, 0.1) is 6.92 Å². The number of pyridine rings is 1. The van der Waals surface area contributed by atoms with Gasteiger partial charge in [-0.25, -0.2) is 4.98 Å². The van der Waals surface area contributed by atoms with E-state index in [0.717, 1.165) is 6.07 Å². The van der Waals surface area contributed by atoms with Crippen molar-refractivity contribution in [2.24, 2.45) is 0 Å². The van der Waals surface area contributed by atoms with E-state index in [1.54, 1.807) is 6.92 Å². The topological polar surface area (TPSA) is 22.1 Å². The zero-order valence-electron chi connectivity index (χ0n) is 9.14. The number of hydrogen-bond donors (Lipinski definition) is 0. The number of methoxy groups -OCH3 is 1. The van der Waals surface area contributed by atoms with Crippen LogP contribution in [0.1, 0.15) is 25.1 Å². The molecule has 0 aliphatic heterocycles. The van der Waals surface area contributed by atoms with Crippen molar-refractivity contribution >= 4 is 0 Å². The molecule has 1 aromatic rings. The van der Waals surface area contributed by atoms with E-state index >= 15 is 0 Å². The van der Waals surface area contributed by atoms with Gasteiger partial charge in [0.15, 0.2) is 0 Å². The lowest BCUT2D eigenvalue weighted by atomic mass is 10.2. The third-order valence-corrected chi connectivity index (χ3v) is 1.53. The number of ether oxygens (including phenoxy) is 1. The molecule has 0 aliphatic rings. The summed E-state index contributed by atoms with van der Waals surface area (Å²) >= 11 is 0. The fraction of sp³-hybridized carbons (Fsp3) is 0.500. The number of halogens is 3. The zero-order chi connectivity index (χ0) is 12.1. The molecule has 0 spiro atoms. The van der Waals surface area contributed by atoms with Crippen LogP contribution in [0.4, 0.5) is 13.2 Å². The predicted octanol–water partition coefficient (Wildman–Crippen LogP) is 3.44. The second kappa shape index (κ2) is 5.58. The van der Waals surface area contributed by atoms with Gasteiger partial charge in [0.25, 0.3) is 0 Å². The van der Waals surface area contributed by atoms with Crippen molar-refractivity contribution in [3.8, 4) is 5.88 Å². The molecule has 0 aromatic carbocycles. The third-order valence-electron chi connectivity index (χ3n) is 1.53. The molecule has 86 valence electrons. The molecule has 1 heterocycles. The molecule has 0 N–H and O–H groups in total. The van der Waals surface area contributed by atoms with Crippen LogP contribution in [0.15, 0.2) is 12.1 Å². The molecule has 0 fully saturated rings. The van der Waals surface area contributed by atoms with Crippen LogP contribution in [0.2, 0.25) is 0 Å². The van der Waals surface area contributed by atoms with Crippen LogP contribution in [-0.4, -0.2) is 12.1 Å². The van der Waals surface area contributed by atoms with E-state index < -0.39 is 11.9 Å². The average Bonchev–Trinajstić information content (AvgIpc) is 2.20. The van der Waals surface area contributed by atoms with Gasteiger partial charge < -0.3 is 4.74 Å². The minimum Gasteiger partial charge on any atom is -0.481 e. The van der Waals surface area contributed by atoms with Gasteiger partial charge in [-0.05, 0) is 13.0 Å². The van der Waals surface area contributed by atoms with Crippen molar-refractivity contribution in [3.63, 3.8) is 0 Å². The first kappa shape index (κ1) is 13.7. The van der Waals surface area contributed by atoms with Crippen molar-refractivity contribution in [3.05, 3.63) is 23.4 Å². The maximum Gasteiger partial charge on any atom is 0.433 e. The number of hydrogen-bond acceptors (Lipinski definition) is 2. The lowest BCUT2D eigenvalue weighted by Crippen LogP contribution is -2.08. The quantitative estimate of drug-likeness (QED) is 0.724. The Bertz CT molecular complexity index is 310. The normalized spacial score (nSPS) is 10.3. The molecular formula is C10H14F3NO. The Labute approximate surface area is 87.1 Å². The van der Waals surface area contributed by atoms with Crippen LogP contribution < -0.4 is 4.74 Å². The molecule has 0 aliphatic carbocycles. The molecule has 1 aromatic heterocycles. The Morgan fingerprint density at radius 3 is 2.13 bits per heavy atom. The lowest BCUT2D eigenvalue weighted by Gasteiger charge is -2.08. The van der Waals surface area contributed by atoms with E-state index in [4.69, 9.17) is 0 Å². The first-order valence-corrected chi connectivity index (χ1v) is 4.54. The molecular weight excluding hydrogens is 207 g/mol. The predicted molar refractivity (Wildman–Crippen MR) is 51.9 cm³/mol. The van der Waals surface area contributed by atoms with Gasteiger partial charge in [0.1, 0.15) is 5.69 Å². The fourth-order valence-corrected chi connectivity index (χ4v) is 0.875. The Morgan fingerprint density at radius 2 is 1.73 bits per heavy atom. The molecule has 0 bridgehead atoms. The van der Waals surface area contributed by atoms with Gasteiger partial charge in [-0.2, -0.15) is 13.2 Å². The summed E-state index contributed by atoms with van der Waals surface area (Å²) in [5, 5.41) is 0. The van der Waals surface area contributed by atoms with Gasteiger partial charge in [0.2, 0.25) is 5.88 Å².